The number of rotatable bonds is 5. The molecule has 0 aliphatic carbocycles. The number of aromatic nitrogens is 4. The Bertz CT molecular complexity index is 1310. The number of nitrogens with two attached hydrogens (primary N) is 1. The maximum Gasteiger partial charge on any atom is 0.361 e. The first kappa shape index (κ1) is 19.3. The number of carbonyl (C=O) groups is 1. The smallest absolute Gasteiger partial charge is 0.361 e. The molecule has 2 aromatic carbocycles. The predicted octanol–water partition coefficient (Wildman–Crippen LogP) is 2.21. The Labute approximate surface area is 171 Å². The van der Waals surface area contributed by atoms with Gasteiger partial charge in [0.05, 0.1) is 7.11 Å². The number of benzene rings is 2. The number of oxazole rings is 1. The van der Waals surface area contributed by atoms with E-state index in [0.29, 0.717) is 15.2 Å². The highest BCUT2D eigenvalue weighted by atomic mass is 32.2. The van der Waals surface area contributed by atoms with Crippen molar-refractivity contribution in [3.63, 3.8) is 0 Å². The quantitative estimate of drug-likeness (QED) is 0.476. The van der Waals surface area contributed by atoms with E-state index in [2.05, 4.69) is 19.8 Å². The van der Waals surface area contributed by atoms with Crippen molar-refractivity contribution in [3.05, 3.63) is 66.4 Å². The fraction of sp³-hybridized carbons (Fsp3) is 0.0526. The zero-order valence-electron chi connectivity index (χ0n) is 15.6. The normalized spacial score (nSPS) is 11.4. The summed E-state index contributed by atoms with van der Waals surface area (Å²) < 4.78 is 37.1. The number of carbonyl (C=O) groups excluding carboxylic acids is 1. The largest absolute Gasteiger partial charge is 0.464 e. The van der Waals surface area contributed by atoms with Gasteiger partial charge in [0.1, 0.15) is 0 Å². The van der Waals surface area contributed by atoms with E-state index in [9.17, 15) is 13.2 Å². The molecule has 0 aliphatic rings. The van der Waals surface area contributed by atoms with Gasteiger partial charge in [0.25, 0.3) is 5.09 Å². The fourth-order valence-corrected chi connectivity index (χ4v) is 3.87. The summed E-state index contributed by atoms with van der Waals surface area (Å²) in [6.45, 7) is 0. The molecule has 0 amide bonds. The molecule has 0 atom stereocenters. The van der Waals surface area contributed by atoms with Crippen molar-refractivity contribution in [2.75, 3.05) is 12.8 Å². The van der Waals surface area contributed by atoms with Crippen LogP contribution in [0.1, 0.15) is 10.5 Å². The van der Waals surface area contributed by atoms with Gasteiger partial charge in [-0.05, 0) is 12.1 Å². The van der Waals surface area contributed by atoms with Crippen LogP contribution in [0.3, 0.4) is 0 Å². The number of anilines is 1. The van der Waals surface area contributed by atoms with Gasteiger partial charge in [-0.1, -0.05) is 48.5 Å². The van der Waals surface area contributed by atoms with Crippen LogP contribution in [-0.2, 0) is 14.8 Å². The molecule has 0 unspecified atom stereocenters. The van der Waals surface area contributed by atoms with Gasteiger partial charge in [-0.15, -0.1) is 9.19 Å². The van der Waals surface area contributed by atoms with Crippen molar-refractivity contribution < 1.29 is 22.4 Å². The summed E-state index contributed by atoms with van der Waals surface area (Å²) in [6, 6.07) is 17.2. The van der Waals surface area contributed by atoms with E-state index in [1.54, 1.807) is 60.7 Å². The van der Waals surface area contributed by atoms with E-state index >= 15 is 0 Å². The molecular weight excluding hydrogens is 410 g/mol. The lowest BCUT2D eigenvalue weighted by molar-refractivity contribution is 0.0587. The maximum absolute atomic E-state index is 13.2. The zero-order chi connectivity index (χ0) is 21.3. The number of nitrogens with zero attached hydrogens (tertiary/aromatic N) is 4. The molecule has 11 heteroatoms. The molecule has 0 spiro atoms. The first-order valence-corrected chi connectivity index (χ1v) is 10.0. The first-order valence-electron chi connectivity index (χ1n) is 8.60. The van der Waals surface area contributed by atoms with Crippen molar-refractivity contribution in [2.45, 2.75) is 5.09 Å². The Morgan fingerprint density at radius 3 is 2.20 bits per heavy atom. The average Bonchev–Trinajstić information content (AvgIpc) is 3.40. The molecule has 30 heavy (non-hydrogen) atoms. The SMILES string of the molecule is COC(=O)c1nc(-c2ccccc2)oc1S(=O)(=O)n1nc(-c2ccccc2)nc1N. The van der Waals surface area contributed by atoms with Crippen molar-refractivity contribution in [1.29, 1.82) is 0 Å². The molecule has 0 saturated heterocycles. The van der Waals surface area contributed by atoms with Crippen LogP contribution in [0.4, 0.5) is 5.95 Å². The summed E-state index contributed by atoms with van der Waals surface area (Å²) in [6.07, 6.45) is 0. The molecule has 152 valence electrons. The molecule has 0 fully saturated rings. The number of methoxy groups -OCH3 is 1. The van der Waals surface area contributed by atoms with Gasteiger partial charge in [-0.2, -0.15) is 13.4 Å². The van der Waals surface area contributed by atoms with Crippen molar-refractivity contribution in [3.8, 4) is 22.8 Å². The van der Waals surface area contributed by atoms with Gasteiger partial charge in [-0.25, -0.2) is 9.78 Å². The number of esters is 1. The van der Waals surface area contributed by atoms with E-state index < -0.39 is 32.7 Å². The lowest BCUT2D eigenvalue weighted by atomic mass is 10.2. The molecule has 2 N–H and O–H groups in total. The van der Waals surface area contributed by atoms with Crippen LogP contribution in [0.5, 0.6) is 0 Å². The highest BCUT2D eigenvalue weighted by Gasteiger charge is 2.35. The van der Waals surface area contributed by atoms with Gasteiger partial charge in [0, 0.05) is 11.1 Å². The Morgan fingerprint density at radius 1 is 1.00 bits per heavy atom. The third-order valence-corrected chi connectivity index (χ3v) is 5.56. The summed E-state index contributed by atoms with van der Waals surface area (Å²) in [7, 11) is -3.44. The lowest BCUT2D eigenvalue weighted by Gasteiger charge is -2.03. The fourth-order valence-electron chi connectivity index (χ4n) is 2.69. The topological polar surface area (TPSA) is 143 Å². The van der Waals surface area contributed by atoms with E-state index in [-0.39, 0.29) is 11.7 Å². The van der Waals surface area contributed by atoms with Crippen LogP contribution in [0.15, 0.2) is 70.2 Å². The Hall–Kier alpha value is -3.99. The third kappa shape index (κ3) is 3.31. The molecule has 4 rings (SSSR count). The van der Waals surface area contributed by atoms with Crippen molar-refractivity contribution >= 4 is 21.9 Å². The monoisotopic (exact) mass is 425 g/mol. The van der Waals surface area contributed by atoms with Gasteiger partial charge in [0.2, 0.25) is 17.5 Å². The van der Waals surface area contributed by atoms with E-state index in [4.69, 9.17) is 10.2 Å². The Kier molecular flexibility index (Phi) is 4.80. The van der Waals surface area contributed by atoms with E-state index in [0.717, 1.165) is 7.11 Å². The minimum Gasteiger partial charge on any atom is -0.464 e. The molecule has 4 aromatic rings. The molecule has 0 saturated carbocycles. The zero-order valence-corrected chi connectivity index (χ0v) is 16.4. The van der Waals surface area contributed by atoms with E-state index in [1.807, 2.05) is 0 Å². The predicted molar refractivity (Wildman–Crippen MR) is 106 cm³/mol. The molecule has 2 aromatic heterocycles. The molecule has 0 aliphatic heterocycles. The second kappa shape index (κ2) is 7.44. The molecule has 10 nitrogen and oxygen atoms in total. The molecule has 0 bridgehead atoms. The Morgan fingerprint density at radius 2 is 1.60 bits per heavy atom. The molecule has 2 heterocycles. The second-order valence-electron chi connectivity index (χ2n) is 6.02. The highest BCUT2D eigenvalue weighted by Crippen LogP contribution is 2.28. The third-order valence-electron chi connectivity index (χ3n) is 4.09. The summed E-state index contributed by atoms with van der Waals surface area (Å²) in [5.41, 5.74) is 6.33. The maximum atomic E-state index is 13.2. The average molecular weight is 425 g/mol. The summed E-state index contributed by atoms with van der Waals surface area (Å²) in [5.74, 6) is -1.36. The van der Waals surface area contributed by atoms with Gasteiger partial charge in [0.15, 0.2) is 5.82 Å². The van der Waals surface area contributed by atoms with Crippen molar-refractivity contribution in [1.82, 2.24) is 19.2 Å². The van der Waals surface area contributed by atoms with Crippen LogP contribution in [0, 0.1) is 0 Å². The van der Waals surface area contributed by atoms with Crippen LogP contribution < -0.4 is 5.73 Å². The molecular formula is C19H15N5O5S. The summed E-state index contributed by atoms with van der Waals surface area (Å²) in [4.78, 5) is 20.2. The highest BCUT2D eigenvalue weighted by molar-refractivity contribution is 7.89. The first-order chi connectivity index (χ1) is 14.4. The number of hydrogen-bond donors (Lipinski definition) is 1. The van der Waals surface area contributed by atoms with Crippen LogP contribution in [0.2, 0.25) is 0 Å². The minimum absolute atomic E-state index is 0.0726. The van der Waals surface area contributed by atoms with Gasteiger partial charge in [-0.3, -0.25) is 0 Å². The van der Waals surface area contributed by atoms with Gasteiger partial charge < -0.3 is 14.9 Å². The number of ether oxygens (including phenoxy) is 1. The van der Waals surface area contributed by atoms with Crippen molar-refractivity contribution in [2.24, 2.45) is 0 Å². The van der Waals surface area contributed by atoms with Crippen LogP contribution in [0.25, 0.3) is 22.8 Å². The standard InChI is InChI=1S/C19H15N5O5S/c1-28-17(25)14-18(29-16(21-14)13-10-6-3-7-11-13)30(26,27)24-19(20)22-15(23-24)12-8-4-2-5-9-12/h2-11H,1H3,(H2,20,22,23). The number of hydrogen-bond acceptors (Lipinski definition) is 9. The lowest BCUT2D eigenvalue weighted by Crippen LogP contribution is -2.19. The van der Waals surface area contributed by atoms with Crippen LogP contribution >= 0.6 is 0 Å². The van der Waals surface area contributed by atoms with Crippen LogP contribution in [-0.4, -0.2) is 40.7 Å². The van der Waals surface area contributed by atoms with E-state index in [1.165, 1.54) is 0 Å². The number of nitrogen functional groups attached to an aromatic ring is 1. The second-order valence-corrected chi connectivity index (χ2v) is 7.69. The summed E-state index contributed by atoms with van der Waals surface area (Å²) in [5, 5.41) is 3.24. The Balaban J connectivity index is 1.86. The minimum atomic E-state index is -4.54. The summed E-state index contributed by atoms with van der Waals surface area (Å²) >= 11 is 0. The van der Waals surface area contributed by atoms with Gasteiger partial charge >= 0.3 is 16.0 Å². The molecule has 0 radical (unpaired) electrons.